The number of aryl methyl sites for hydroxylation is 1. The minimum atomic E-state index is -0.140. The molecular formula is C30H46NO3+. The molecule has 0 aromatic heterocycles. The second kappa shape index (κ2) is 15.5. The van der Waals surface area contributed by atoms with Crippen LogP contribution in [0, 0.1) is 5.92 Å². The summed E-state index contributed by atoms with van der Waals surface area (Å²) < 4.78 is 12.2. The molecule has 0 aliphatic heterocycles. The molecule has 34 heavy (non-hydrogen) atoms. The van der Waals surface area contributed by atoms with Gasteiger partial charge in [-0.3, -0.25) is 4.79 Å². The van der Waals surface area contributed by atoms with Crippen molar-refractivity contribution in [2.45, 2.75) is 71.8 Å². The molecule has 0 heterocycles. The van der Waals surface area contributed by atoms with E-state index in [2.05, 4.69) is 63.5 Å². The molecule has 1 atom stereocenters. The van der Waals surface area contributed by atoms with Crippen molar-refractivity contribution in [1.82, 2.24) is 0 Å². The van der Waals surface area contributed by atoms with Crippen LogP contribution in [-0.4, -0.2) is 44.3 Å². The van der Waals surface area contributed by atoms with Gasteiger partial charge in [0.2, 0.25) is 0 Å². The summed E-state index contributed by atoms with van der Waals surface area (Å²) in [6.07, 6.45) is 9.69. The Hall–Kier alpha value is -2.33. The number of esters is 1. The monoisotopic (exact) mass is 468 g/mol. The molecule has 0 spiro atoms. The van der Waals surface area contributed by atoms with Gasteiger partial charge in [-0.25, -0.2) is 0 Å². The summed E-state index contributed by atoms with van der Waals surface area (Å²) in [6.45, 7) is 6.80. The first kappa shape index (κ1) is 27.9. The molecule has 0 fully saturated rings. The summed E-state index contributed by atoms with van der Waals surface area (Å²) in [5.41, 5.74) is 2.62. The number of carbonyl (C=O) groups excluding carboxylic acids is 1. The van der Waals surface area contributed by atoms with Crippen LogP contribution >= 0.6 is 0 Å². The van der Waals surface area contributed by atoms with E-state index < -0.39 is 0 Å². The van der Waals surface area contributed by atoms with Gasteiger partial charge in [-0.15, -0.1) is 0 Å². The average Bonchev–Trinajstić information content (AvgIpc) is 2.81. The Balaban J connectivity index is 1.61. The third-order valence-electron chi connectivity index (χ3n) is 6.14. The first-order valence-corrected chi connectivity index (χ1v) is 13.1. The lowest BCUT2D eigenvalue weighted by atomic mass is 10.0. The van der Waals surface area contributed by atoms with Crippen LogP contribution in [0.25, 0.3) is 0 Å². The molecule has 4 nitrogen and oxygen atoms in total. The van der Waals surface area contributed by atoms with Crippen molar-refractivity contribution in [2.75, 3.05) is 33.9 Å². The molecule has 1 unspecified atom stereocenters. The van der Waals surface area contributed by atoms with E-state index in [1.54, 1.807) is 0 Å². The summed E-state index contributed by atoms with van der Waals surface area (Å²) in [7, 11) is 4.32. The predicted molar refractivity (Wildman–Crippen MR) is 141 cm³/mol. The number of unbranched alkanes of at least 4 members (excludes halogenated alkanes) is 5. The van der Waals surface area contributed by atoms with Gasteiger partial charge < -0.3 is 14.0 Å². The smallest absolute Gasteiger partial charge is 0.314 e. The standard InChI is InChI=1S/C30H46NO3/c1-5-6-7-8-9-11-16-27-19-14-20-29(23-27)33-21-15-22-34-30(32)26(2)24-31(3,4)25-28-17-12-10-13-18-28/h10,12-14,17-20,23,26H,5-9,11,15-16,21-22,24-25H2,1-4H3/q+1. The van der Waals surface area contributed by atoms with E-state index in [-0.39, 0.29) is 11.9 Å². The van der Waals surface area contributed by atoms with Gasteiger partial charge in [0.05, 0.1) is 33.9 Å². The van der Waals surface area contributed by atoms with Crippen LogP contribution in [-0.2, 0) is 22.5 Å². The van der Waals surface area contributed by atoms with Crippen LogP contribution in [0.2, 0.25) is 0 Å². The van der Waals surface area contributed by atoms with E-state index >= 15 is 0 Å². The third kappa shape index (κ3) is 11.7. The fourth-order valence-electron chi connectivity index (χ4n) is 4.42. The zero-order valence-electron chi connectivity index (χ0n) is 21.9. The van der Waals surface area contributed by atoms with Crippen molar-refractivity contribution in [1.29, 1.82) is 0 Å². The second-order valence-electron chi connectivity index (χ2n) is 10.2. The van der Waals surface area contributed by atoms with Crippen molar-refractivity contribution in [3.8, 4) is 5.75 Å². The number of quaternary nitrogens is 1. The number of rotatable bonds is 17. The SMILES string of the molecule is CCCCCCCCc1cccc(OCCCOC(=O)C(C)C[N+](C)(C)Cc2ccccc2)c1. The summed E-state index contributed by atoms with van der Waals surface area (Å²) in [4.78, 5) is 12.5. The Labute approximate surface area is 207 Å². The highest BCUT2D eigenvalue weighted by Crippen LogP contribution is 2.17. The maximum atomic E-state index is 12.5. The number of hydrogen-bond donors (Lipinski definition) is 0. The van der Waals surface area contributed by atoms with Crippen LogP contribution < -0.4 is 4.74 Å². The Bertz CT molecular complexity index is 819. The van der Waals surface area contributed by atoms with E-state index in [4.69, 9.17) is 9.47 Å². The summed E-state index contributed by atoms with van der Waals surface area (Å²) in [6, 6.07) is 18.8. The highest BCUT2D eigenvalue weighted by Gasteiger charge is 2.25. The van der Waals surface area contributed by atoms with Crippen molar-refractivity contribution in [3.05, 3.63) is 65.7 Å². The lowest BCUT2D eigenvalue weighted by Crippen LogP contribution is -2.44. The molecule has 0 saturated heterocycles. The Morgan fingerprint density at radius 3 is 2.32 bits per heavy atom. The Morgan fingerprint density at radius 1 is 0.853 bits per heavy atom. The Kier molecular flexibility index (Phi) is 12.8. The molecule has 188 valence electrons. The highest BCUT2D eigenvalue weighted by atomic mass is 16.5. The number of ether oxygens (including phenoxy) is 2. The molecule has 0 aliphatic carbocycles. The fraction of sp³-hybridized carbons (Fsp3) is 0.567. The van der Waals surface area contributed by atoms with E-state index in [0.29, 0.717) is 19.6 Å². The van der Waals surface area contributed by atoms with E-state index in [1.807, 2.05) is 19.1 Å². The molecular weight excluding hydrogens is 422 g/mol. The van der Waals surface area contributed by atoms with Crippen LogP contribution in [0.15, 0.2) is 54.6 Å². The van der Waals surface area contributed by atoms with Gasteiger partial charge in [-0.1, -0.05) is 81.5 Å². The van der Waals surface area contributed by atoms with Gasteiger partial charge in [0.15, 0.2) is 0 Å². The first-order valence-electron chi connectivity index (χ1n) is 13.1. The number of carbonyl (C=O) groups is 1. The van der Waals surface area contributed by atoms with Gasteiger partial charge >= 0.3 is 5.97 Å². The summed E-state index contributed by atoms with van der Waals surface area (Å²) in [5, 5.41) is 0. The minimum Gasteiger partial charge on any atom is -0.493 e. The van der Waals surface area contributed by atoms with Crippen LogP contribution in [0.4, 0.5) is 0 Å². The third-order valence-corrected chi connectivity index (χ3v) is 6.14. The normalized spacial score (nSPS) is 12.4. The van der Waals surface area contributed by atoms with Crippen molar-refractivity contribution in [3.63, 3.8) is 0 Å². The van der Waals surface area contributed by atoms with E-state index in [9.17, 15) is 4.79 Å². The van der Waals surface area contributed by atoms with Gasteiger partial charge in [-0.2, -0.15) is 0 Å². The molecule has 2 rings (SSSR count). The zero-order valence-corrected chi connectivity index (χ0v) is 21.9. The average molecular weight is 469 g/mol. The molecule has 2 aromatic rings. The molecule has 0 amide bonds. The molecule has 4 heteroatoms. The zero-order chi connectivity index (χ0) is 24.7. The van der Waals surface area contributed by atoms with Crippen molar-refractivity contribution in [2.24, 2.45) is 5.92 Å². The van der Waals surface area contributed by atoms with E-state index in [0.717, 1.165) is 29.7 Å². The molecule has 0 radical (unpaired) electrons. The topological polar surface area (TPSA) is 35.5 Å². The highest BCUT2D eigenvalue weighted by molar-refractivity contribution is 5.72. The van der Waals surface area contributed by atoms with Crippen LogP contribution in [0.5, 0.6) is 5.75 Å². The Morgan fingerprint density at radius 2 is 1.56 bits per heavy atom. The van der Waals surface area contributed by atoms with Gasteiger partial charge in [0.1, 0.15) is 18.2 Å². The quantitative estimate of drug-likeness (QED) is 0.145. The fourth-order valence-corrected chi connectivity index (χ4v) is 4.42. The van der Waals surface area contributed by atoms with Gasteiger partial charge in [0, 0.05) is 12.0 Å². The minimum absolute atomic E-state index is 0.125. The van der Waals surface area contributed by atoms with Crippen LogP contribution in [0.1, 0.15) is 69.9 Å². The lowest BCUT2D eigenvalue weighted by molar-refractivity contribution is -0.905. The summed E-state index contributed by atoms with van der Waals surface area (Å²) >= 11 is 0. The predicted octanol–water partition coefficient (Wildman–Crippen LogP) is 6.81. The lowest BCUT2D eigenvalue weighted by Gasteiger charge is -2.31. The maximum Gasteiger partial charge on any atom is 0.314 e. The summed E-state index contributed by atoms with van der Waals surface area (Å²) in [5.74, 6) is 0.640. The van der Waals surface area contributed by atoms with Crippen molar-refractivity contribution < 1.29 is 18.8 Å². The molecule has 2 aromatic carbocycles. The van der Waals surface area contributed by atoms with Crippen molar-refractivity contribution >= 4 is 5.97 Å². The molecule has 0 bridgehead atoms. The first-order chi connectivity index (χ1) is 16.4. The molecule has 0 aliphatic rings. The van der Waals surface area contributed by atoms with E-state index in [1.165, 1.54) is 49.7 Å². The largest absolute Gasteiger partial charge is 0.493 e. The van der Waals surface area contributed by atoms with Gasteiger partial charge in [-0.05, 0) is 37.5 Å². The number of nitrogens with zero attached hydrogens (tertiary/aromatic N) is 1. The molecule has 0 saturated carbocycles. The maximum absolute atomic E-state index is 12.5. The number of hydrogen-bond acceptors (Lipinski definition) is 3. The number of benzene rings is 2. The second-order valence-corrected chi connectivity index (χ2v) is 10.2. The van der Waals surface area contributed by atoms with Crippen LogP contribution in [0.3, 0.4) is 0 Å². The molecule has 0 N–H and O–H groups in total. The van der Waals surface area contributed by atoms with Gasteiger partial charge in [0.25, 0.3) is 0 Å².